The van der Waals surface area contributed by atoms with E-state index in [0.29, 0.717) is 0 Å². The van der Waals surface area contributed by atoms with Crippen LogP contribution in [0.1, 0.15) is 0 Å². The molecule has 62 valence electrons. The molecule has 0 saturated carbocycles. The van der Waals surface area contributed by atoms with Gasteiger partial charge in [0.15, 0.2) is 17.4 Å². The van der Waals surface area contributed by atoms with Gasteiger partial charge in [-0.15, -0.1) is 5.10 Å². The van der Waals surface area contributed by atoms with Crippen LogP contribution in [0.5, 0.6) is 5.75 Å². The number of H-pyrrole nitrogens is 1. The first kappa shape index (κ1) is 6.96. The predicted octanol–water partition coefficient (Wildman–Crippen LogP) is 0.942. The largest absolute Gasteiger partial charge is 0.503 e. The fourth-order valence-electron chi connectivity index (χ4n) is 0.910. The van der Waals surface area contributed by atoms with E-state index in [1.54, 1.807) is 0 Å². The number of nitrogens with zero attached hydrogens (tertiary/aromatic N) is 2. The summed E-state index contributed by atoms with van der Waals surface area (Å²) in [5, 5.41) is 17.6. The highest BCUT2D eigenvalue weighted by atomic mass is 19.1. The van der Waals surface area contributed by atoms with Crippen molar-refractivity contribution < 1.29 is 13.9 Å². The maximum absolute atomic E-state index is 12.9. The number of hydrogen-bond acceptors (Lipinski definition) is 3. The summed E-state index contributed by atoms with van der Waals surface area (Å²) in [6.45, 7) is 0. The van der Waals surface area contributed by atoms with E-state index in [1.807, 2.05) is 0 Å². The Morgan fingerprint density at radius 3 is 2.92 bits per heavy atom. The molecule has 0 fully saturated rings. The van der Waals surface area contributed by atoms with Gasteiger partial charge in [0, 0.05) is 6.07 Å². The number of phenolic OH excluding ortho intramolecular Hbond substituents is 1. The molecule has 0 aliphatic heterocycles. The van der Waals surface area contributed by atoms with Crippen LogP contribution in [0.25, 0.3) is 11.0 Å². The first-order valence-electron chi connectivity index (χ1n) is 3.08. The van der Waals surface area contributed by atoms with Crippen molar-refractivity contribution in [2.24, 2.45) is 0 Å². The zero-order valence-electron chi connectivity index (χ0n) is 5.67. The molecule has 0 bridgehead atoms. The van der Waals surface area contributed by atoms with E-state index in [1.165, 1.54) is 0 Å². The summed E-state index contributed by atoms with van der Waals surface area (Å²) >= 11 is 0. The monoisotopic (exact) mass is 171 g/mol. The zero-order chi connectivity index (χ0) is 8.72. The number of aromatic nitrogens is 3. The fraction of sp³-hybridized carbons (Fsp3) is 0. The highest BCUT2D eigenvalue weighted by Crippen LogP contribution is 2.25. The van der Waals surface area contributed by atoms with E-state index in [-0.39, 0.29) is 11.0 Å². The standard InChI is InChI=1S/C6H3F2N3O/c7-2-1-3-5(10-11-9-3)4(8)6(2)12/h1,12H,(H,9,10,11). The van der Waals surface area contributed by atoms with Gasteiger partial charge in [-0.2, -0.15) is 0 Å². The van der Waals surface area contributed by atoms with E-state index in [2.05, 4.69) is 15.4 Å². The lowest BCUT2D eigenvalue weighted by molar-refractivity contribution is 0.399. The van der Waals surface area contributed by atoms with Gasteiger partial charge in [-0.1, -0.05) is 5.21 Å². The Morgan fingerprint density at radius 2 is 2.17 bits per heavy atom. The number of nitrogens with one attached hydrogen (secondary N) is 1. The molecule has 2 rings (SSSR count). The van der Waals surface area contributed by atoms with E-state index < -0.39 is 17.4 Å². The molecule has 1 aromatic carbocycles. The van der Waals surface area contributed by atoms with Crippen LogP contribution in [0, 0.1) is 11.6 Å². The average molecular weight is 171 g/mol. The molecule has 0 aliphatic rings. The minimum absolute atomic E-state index is 0.0443. The molecule has 0 amide bonds. The van der Waals surface area contributed by atoms with Gasteiger partial charge in [-0.3, -0.25) is 5.10 Å². The van der Waals surface area contributed by atoms with Gasteiger partial charge >= 0.3 is 0 Å². The van der Waals surface area contributed by atoms with Crippen LogP contribution in [-0.4, -0.2) is 20.5 Å². The van der Waals surface area contributed by atoms with Crippen molar-refractivity contribution in [3.8, 4) is 5.75 Å². The number of aromatic hydroxyl groups is 1. The van der Waals surface area contributed by atoms with Crippen LogP contribution in [0.4, 0.5) is 8.78 Å². The minimum Gasteiger partial charge on any atom is -0.503 e. The number of aromatic amines is 1. The third kappa shape index (κ3) is 0.744. The van der Waals surface area contributed by atoms with Crippen LogP contribution in [0.2, 0.25) is 0 Å². The van der Waals surface area contributed by atoms with Crippen molar-refractivity contribution >= 4 is 11.0 Å². The smallest absolute Gasteiger partial charge is 0.195 e. The Labute approximate surface area is 64.8 Å². The Morgan fingerprint density at radius 1 is 1.42 bits per heavy atom. The maximum atomic E-state index is 12.9. The lowest BCUT2D eigenvalue weighted by Gasteiger charge is -1.95. The van der Waals surface area contributed by atoms with Gasteiger partial charge < -0.3 is 5.11 Å². The molecule has 0 radical (unpaired) electrons. The number of hydrogen-bond donors (Lipinski definition) is 2. The van der Waals surface area contributed by atoms with E-state index >= 15 is 0 Å². The Kier molecular flexibility index (Phi) is 1.24. The summed E-state index contributed by atoms with van der Waals surface area (Å²) in [6.07, 6.45) is 0. The number of fused-ring (bicyclic) bond motifs is 1. The summed E-state index contributed by atoms with van der Waals surface area (Å²) in [4.78, 5) is 0. The molecule has 2 aromatic rings. The van der Waals surface area contributed by atoms with Gasteiger partial charge in [0.05, 0.1) is 0 Å². The second kappa shape index (κ2) is 2.13. The van der Waals surface area contributed by atoms with Crippen molar-refractivity contribution in [3.05, 3.63) is 17.7 Å². The quantitative estimate of drug-likeness (QED) is 0.620. The molecule has 0 spiro atoms. The van der Waals surface area contributed by atoms with Crippen molar-refractivity contribution in [2.45, 2.75) is 0 Å². The number of benzene rings is 1. The lowest BCUT2D eigenvalue weighted by atomic mass is 10.3. The van der Waals surface area contributed by atoms with Crippen LogP contribution >= 0.6 is 0 Å². The van der Waals surface area contributed by atoms with E-state index in [9.17, 15) is 8.78 Å². The van der Waals surface area contributed by atoms with Crippen LogP contribution < -0.4 is 0 Å². The van der Waals surface area contributed by atoms with Crippen molar-refractivity contribution in [1.29, 1.82) is 0 Å². The number of phenols is 1. The predicted molar refractivity (Wildman–Crippen MR) is 35.5 cm³/mol. The molecule has 2 N–H and O–H groups in total. The second-order valence-corrected chi connectivity index (χ2v) is 2.23. The topological polar surface area (TPSA) is 61.8 Å². The van der Waals surface area contributed by atoms with E-state index in [0.717, 1.165) is 6.07 Å². The molecule has 0 aliphatic carbocycles. The average Bonchev–Trinajstić information content (AvgIpc) is 2.48. The number of rotatable bonds is 0. The van der Waals surface area contributed by atoms with Crippen molar-refractivity contribution in [3.63, 3.8) is 0 Å². The Bertz CT molecular complexity index is 440. The molecule has 4 nitrogen and oxygen atoms in total. The molecular formula is C6H3F2N3O. The molecule has 0 unspecified atom stereocenters. The van der Waals surface area contributed by atoms with E-state index in [4.69, 9.17) is 5.11 Å². The molecule has 12 heavy (non-hydrogen) atoms. The Hall–Kier alpha value is -1.72. The summed E-state index contributed by atoms with van der Waals surface area (Å²) in [5.74, 6) is -3.14. The van der Waals surface area contributed by atoms with Gasteiger partial charge in [0.25, 0.3) is 0 Å². The third-order valence-corrected chi connectivity index (χ3v) is 1.49. The highest BCUT2D eigenvalue weighted by molar-refractivity contribution is 5.76. The lowest BCUT2D eigenvalue weighted by Crippen LogP contribution is -1.84. The fourth-order valence-corrected chi connectivity index (χ4v) is 0.910. The molecule has 1 aromatic heterocycles. The first-order chi connectivity index (χ1) is 5.70. The van der Waals surface area contributed by atoms with Gasteiger partial charge in [-0.25, -0.2) is 8.78 Å². The van der Waals surface area contributed by atoms with Crippen LogP contribution in [0.3, 0.4) is 0 Å². The second-order valence-electron chi connectivity index (χ2n) is 2.23. The Balaban J connectivity index is 2.94. The normalized spacial score (nSPS) is 10.8. The van der Waals surface area contributed by atoms with Gasteiger partial charge in [-0.05, 0) is 0 Å². The molecular weight excluding hydrogens is 168 g/mol. The van der Waals surface area contributed by atoms with Crippen molar-refractivity contribution in [1.82, 2.24) is 15.4 Å². The summed E-state index contributed by atoms with van der Waals surface area (Å²) in [6, 6.07) is 0.900. The van der Waals surface area contributed by atoms with Crippen LogP contribution in [-0.2, 0) is 0 Å². The minimum atomic E-state index is -1.07. The molecule has 1 heterocycles. The van der Waals surface area contributed by atoms with Crippen LogP contribution in [0.15, 0.2) is 6.07 Å². The molecule has 0 atom stereocenters. The molecule has 6 heteroatoms. The third-order valence-electron chi connectivity index (χ3n) is 1.49. The SMILES string of the molecule is Oc1c(F)cc2nn[nH]c2c1F. The zero-order valence-corrected chi connectivity index (χ0v) is 5.67. The summed E-state index contributed by atoms with van der Waals surface area (Å²) in [7, 11) is 0. The van der Waals surface area contributed by atoms with Gasteiger partial charge in [0.1, 0.15) is 11.0 Å². The number of halogens is 2. The summed E-state index contributed by atoms with van der Waals surface area (Å²) < 4.78 is 25.5. The maximum Gasteiger partial charge on any atom is 0.195 e. The molecule has 0 saturated heterocycles. The summed E-state index contributed by atoms with van der Waals surface area (Å²) in [5.41, 5.74) is -0.0586. The first-order valence-corrected chi connectivity index (χ1v) is 3.08. The van der Waals surface area contributed by atoms with Gasteiger partial charge in [0.2, 0.25) is 0 Å². The van der Waals surface area contributed by atoms with Crippen molar-refractivity contribution in [2.75, 3.05) is 0 Å². The highest BCUT2D eigenvalue weighted by Gasteiger charge is 2.14.